The van der Waals surface area contributed by atoms with Crippen molar-refractivity contribution in [2.75, 3.05) is 6.61 Å². The Labute approximate surface area is 175 Å². The summed E-state index contributed by atoms with van der Waals surface area (Å²) in [7, 11) is -4.02. The van der Waals surface area contributed by atoms with Gasteiger partial charge in [0.15, 0.2) is 0 Å². The van der Waals surface area contributed by atoms with Crippen LogP contribution in [0.25, 0.3) is 0 Å². The first-order valence-electron chi connectivity index (χ1n) is 10.0. The second kappa shape index (κ2) is 15.9. The predicted molar refractivity (Wildman–Crippen MR) is 116 cm³/mol. The summed E-state index contributed by atoms with van der Waals surface area (Å²) in [6, 6.07) is 5.84. The van der Waals surface area contributed by atoms with E-state index in [0.29, 0.717) is 19.4 Å². The van der Waals surface area contributed by atoms with Gasteiger partial charge in [-0.25, -0.2) is 0 Å². The van der Waals surface area contributed by atoms with E-state index in [2.05, 4.69) is 19.2 Å². The molecule has 29 heavy (non-hydrogen) atoms. The predicted octanol–water partition coefficient (Wildman–Crippen LogP) is 4.58. The van der Waals surface area contributed by atoms with Crippen molar-refractivity contribution in [1.29, 1.82) is 0 Å². The number of hydrogen-bond acceptors (Lipinski definition) is 5. The van der Waals surface area contributed by atoms with Crippen molar-refractivity contribution in [3.05, 3.63) is 48.2 Å². The van der Waals surface area contributed by atoms with E-state index in [4.69, 9.17) is 15.0 Å². The number of benzene rings is 1. The molecule has 1 aromatic carbocycles. The first kappa shape index (κ1) is 27.1. The van der Waals surface area contributed by atoms with Crippen LogP contribution in [0.2, 0.25) is 0 Å². The monoisotopic (exact) mass is 425 g/mol. The van der Waals surface area contributed by atoms with E-state index in [1.54, 1.807) is 18.2 Å². The van der Waals surface area contributed by atoms with E-state index in [1.165, 1.54) is 37.8 Å². The molecule has 3 N–H and O–H groups in total. The zero-order chi connectivity index (χ0) is 22.1. The largest absolute Gasteiger partial charge is 0.466 e. The summed E-state index contributed by atoms with van der Waals surface area (Å²) < 4.78 is 34.7. The molecule has 0 radical (unpaired) electrons. The van der Waals surface area contributed by atoms with Gasteiger partial charge < -0.3 is 10.5 Å². The van der Waals surface area contributed by atoms with E-state index in [9.17, 15) is 13.2 Å². The zero-order valence-electron chi connectivity index (χ0n) is 17.6. The quantitative estimate of drug-likeness (QED) is 0.220. The molecule has 7 heteroatoms. The molecular formula is C22H35NO5S. The lowest BCUT2D eigenvalue weighted by Gasteiger charge is -2.06. The minimum Gasteiger partial charge on any atom is -0.466 e. The normalized spacial score (nSPS) is 11.6. The number of esters is 1. The summed E-state index contributed by atoms with van der Waals surface area (Å²) >= 11 is 0. The van der Waals surface area contributed by atoms with E-state index >= 15 is 0 Å². The molecule has 0 bridgehead atoms. The molecule has 0 amide bonds. The number of unbranched alkanes of at least 4 members (excludes halogenated alkanes) is 5. The van der Waals surface area contributed by atoms with Crippen LogP contribution in [-0.4, -0.2) is 31.6 Å². The smallest absolute Gasteiger partial charge is 0.305 e. The van der Waals surface area contributed by atoms with E-state index in [0.717, 1.165) is 18.4 Å². The van der Waals surface area contributed by atoms with Crippen LogP contribution in [0, 0.1) is 6.92 Å². The minimum absolute atomic E-state index is 0.0666. The summed E-state index contributed by atoms with van der Waals surface area (Å²) in [5.74, 6) is -0.156. The van der Waals surface area contributed by atoms with E-state index in [-0.39, 0.29) is 16.9 Å². The van der Waals surface area contributed by atoms with Gasteiger partial charge in [-0.2, -0.15) is 8.42 Å². The third-order valence-corrected chi connectivity index (χ3v) is 4.96. The molecule has 0 aromatic heterocycles. The highest BCUT2D eigenvalue weighted by atomic mass is 32.2. The van der Waals surface area contributed by atoms with Crippen molar-refractivity contribution >= 4 is 16.1 Å². The lowest BCUT2D eigenvalue weighted by Crippen LogP contribution is -2.18. The number of rotatable bonds is 12. The van der Waals surface area contributed by atoms with Crippen molar-refractivity contribution in [3.8, 4) is 0 Å². The summed E-state index contributed by atoms with van der Waals surface area (Å²) in [4.78, 5) is 11.3. The Bertz CT molecular complexity index is 722. The fourth-order valence-corrected chi connectivity index (χ4v) is 2.85. The number of nitrogens with two attached hydrogens (primary N) is 1. The molecular weight excluding hydrogens is 390 g/mol. The first-order chi connectivity index (χ1) is 13.7. The average molecular weight is 426 g/mol. The number of ether oxygens (including phenoxy) is 1. The van der Waals surface area contributed by atoms with Crippen molar-refractivity contribution < 1.29 is 22.5 Å². The minimum atomic E-state index is -4.02. The molecule has 0 fully saturated rings. The maximum atomic E-state index is 11.4. The Morgan fingerprint density at radius 2 is 1.79 bits per heavy atom. The van der Waals surface area contributed by atoms with Gasteiger partial charge in [0.05, 0.1) is 11.5 Å². The Kier molecular flexibility index (Phi) is 14.9. The van der Waals surface area contributed by atoms with Gasteiger partial charge in [0.1, 0.15) is 0 Å². The van der Waals surface area contributed by atoms with Gasteiger partial charge in [0, 0.05) is 12.5 Å². The van der Waals surface area contributed by atoms with Crippen LogP contribution in [-0.2, 0) is 19.6 Å². The van der Waals surface area contributed by atoms with Crippen LogP contribution in [0.15, 0.2) is 47.5 Å². The summed E-state index contributed by atoms with van der Waals surface area (Å²) in [6.07, 6.45) is 9.82. The molecule has 0 heterocycles. The summed E-state index contributed by atoms with van der Waals surface area (Å²) in [5.41, 5.74) is 9.26. The van der Waals surface area contributed by atoms with Gasteiger partial charge in [0.2, 0.25) is 0 Å². The van der Waals surface area contributed by atoms with Gasteiger partial charge in [-0.3, -0.25) is 9.35 Å². The van der Waals surface area contributed by atoms with Gasteiger partial charge in [-0.1, -0.05) is 63.3 Å². The van der Waals surface area contributed by atoms with Crippen LogP contribution in [0.4, 0.5) is 0 Å². The Hall–Kier alpha value is -1.92. The third-order valence-electron chi connectivity index (χ3n) is 4.09. The van der Waals surface area contributed by atoms with E-state index < -0.39 is 10.1 Å². The van der Waals surface area contributed by atoms with Gasteiger partial charge in [0.25, 0.3) is 10.1 Å². The standard InChI is InChI=1S/C15H27NO2.C7H8O3S/c1-3-5-6-7-8-9-13-18-15(17)12-11-14(16)10-4-2;1-6-2-4-7(5-3-6)11(8,9)10/h10,14H,2-3,5-9,11-13,16H2,1H3;2-5H,1H3,(H,8,9,10). The highest BCUT2D eigenvalue weighted by molar-refractivity contribution is 7.85. The van der Waals surface area contributed by atoms with Crippen LogP contribution in [0.1, 0.15) is 63.9 Å². The maximum Gasteiger partial charge on any atom is 0.305 e. The van der Waals surface area contributed by atoms with Crippen LogP contribution in [0.3, 0.4) is 0 Å². The SMILES string of the molecule is C=C=CC(N)CCC(=O)OCCCCCCCC.Cc1ccc(S(=O)(=O)O)cc1. The lowest BCUT2D eigenvalue weighted by molar-refractivity contribution is -0.143. The van der Waals surface area contributed by atoms with Crippen molar-refractivity contribution in [2.24, 2.45) is 5.73 Å². The number of hydrogen-bond donors (Lipinski definition) is 2. The van der Waals surface area contributed by atoms with Crippen molar-refractivity contribution in [1.82, 2.24) is 0 Å². The molecule has 0 saturated heterocycles. The maximum absolute atomic E-state index is 11.4. The first-order valence-corrected chi connectivity index (χ1v) is 11.5. The third kappa shape index (κ3) is 15.7. The summed E-state index contributed by atoms with van der Waals surface area (Å²) in [6.45, 7) is 8.02. The molecule has 1 aromatic rings. The number of carbonyl (C=O) groups is 1. The fraction of sp³-hybridized carbons (Fsp3) is 0.545. The Morgan fingerprint density at radius 3 is 2.34 bits per heavy atom. The van der Waals surface area contributed by atoms with Crippen LogP contribution < -0.4 is 5.73 Å². The molecule has 0 spiro atoms. The molecule has 0 aliphatic heterocycles. The fourth-order valence-electron chi connectivity index (χ4n) is 2.37. The van der Waals surface area contributed by atoms with Gasteiger partial charge in [-0.05, 0) is 38.0 Å². The second-order valence-corrected chi connectivity index (χ2v) is 8.27. The topological polar surface area (TPSA) is 107 Å². The molecule has 0 saturated carbocycles. The van der Waals surface area contributed by atoms with E-state index in [1.807, 2.05) is 6.92 Å². The summed E-state index contributed by atoms with van der Waals surface area (Å²) in [5, 5.41) is 0. The molecule has 1 rings (SSSR count). The molecule has 164 valence electrons. The highest BCUT2D eigenvalue weighted by Crippen LogP contribution is 2.08. The number of carbonyl (C=O) groups excluding carboxylic acids is 1. The lowest BCUT2D eigenvalue weighted by atomic mass is 10.1. The second-order valence-electron chi connectivity index (χ2n) is 6.85. The van der Waals surface area contributed by atoms with Gasteiger partial charge in [-0.15, -0.1) is 5.73 Å². The molecule has 0 aliphatic rings. The van der Waals surface area contributed by atoms with Crippen molar-refractivity contribution in [2.45, 2.75) is 76.2 Å². The zero-order valence-corrected chi connectivity index (χ0v) is 18.4. The van der Waals surface area contributed by atoms with Crippen molar-refractivity contribution in [3.63, 3.8) is 0 Å². The molecule has 6 nitrogen and oxygen atoms in total. The molecule has 1 unspecified atom stereocenters. The number of aryl methyl sites for hydroxylation is 1. The van der Waals surface area contributed by atoms with Gasteiger partial charge >= 0.3 is 5.97 Å². The van der Waals surface area contributed by atoms with Crippen LogP contribution in [0.5, 0.6) is 0 Å². The molecule has 1 atom stereocenters. The Morgan fingerprint density at radius 1 is 1.21 bits per heavy atom. The highest BCUT2D eigenvalue weighted by Gasteiger charge is 2.07. The Balaban J connectivity index is 0.000000604. The average Bonchev–Trinajstić information content (AvgIpc) is 2.66. The van der Waals surface area contributed by atoms with Crippen LogP contribution >= 0.6 is 0 Å². The molecule has 0 aliphatic carbocycles.